The van der Waals surface area contributed by atoms with E-state index in [-0.39, 0.29) is 0 Å². The number of aldehydes is 1. The van der Waals surface area contributed by atoms with Crippen LogP contribution in [0.2, 0.25) is 0 Å². The third-order valence-corrected chi connectivity index (χ3v) is 3.33. The van der Waals surface area contributed by atoms with Crippen molar-refractivity contribution in [2.75, 3.05) is 0 Å². The summed E-state index contributed by atoms with van der Waals surface area (Å²) in [7, 11) is 0. The lowest BCUT2D eigenvalue weighted by molar-refractivity contribution is -0.107. The van der Waals surface area contributed by atoms with Gasteiger partial charge in [0.2, 0.25) is 0 Å². The minimum atomic E-state index is 0.751. The Bertz CT molecular complexity index is 184. The number of unbranched alkanes of at least 4 members (excludes halogenated alkanes) is 11. The molecule has 0 aliphatic heterocycles. The first-order valence-corrected chi connectivity index (χ1v) is 8.00. The lowest BCUT2D eigenvalue weighted by Gasteiger charge is -1.98. The summed E-state index contributed by atoms with van der Waals surface area (Å²) in [5.41, 5.74) is 0. The highest BCUT2D eigenvalue weighted by Gasteiger charge is 1.90. The van der Waals surface area contributed by atoms with Gasteiger partial charge in [0, 0.05) is 6.42 Å². The predicted molar refractivity (Wildman–Crippen MR) is 80.9 cm³/mol. The van der Waals surface area contributed by atoms with Gasteiger partial charge in [0.1, 0.15) is 6.29 Å². The molecule has 0 saturated heterocycles. The van der Waals surface area contributed by atoms with Crippen molar-refractivity contribution in [3.05, 3.63) is 12.2 Å². The fourth-order valence-electron chi connectivity index (χ4n) is 2.12. The van der Waals surface area contributed by atoms with Gasteiger partial charge in [0.15, 0.2) is 0 Å². The highest BCUT2D eigenvalue weighted by atomic mass is 16.1. The first kappa shape index (κ1) is 17.4. The number of hydrogen-bond donors (Lipinski definition) is 0. The summed E-state index contributed by atoms with van der Waals surface area (Å²) >= 11 is 0. The van der Waals surface area contributed by atoms with Gasteiger partial charge in [-0.05, 0) is 32.1 Å². The van der Waals surface area contributed by atoms with E-state index in [1.807, 2.05) is 0 Å². The predicted octanol–water partition coefficient (Wildman–Crippen LogP) is 5.83. The first-order valence-electron chi connectivity index (χ1n) is 8.00. The molecule has 0 atom stereocenters. The Morgan fingerprint density at radius 1 is 0.611 bits per heavy atom. The molecule has 1 heteroatoms. The van der Waals surface area contributed by atoms with Gasteiger partial charge in [-0.3, -0.25) is 0 Å². The van der Waals surface area contributed by atoms with Crippen LogP contribution >= 0.6 is 0 Å². The Balaban J connectivity index is 3.01. The van der Waals surface area contributed by atoms with Gasteiger partial charge < -0.3 is 4.79 Å². The van der Waals surface area contributed by atoms with Crippen LogP contribution in [0.4, 0.5) is 0 Å². The van der Waals surface area contributed by atoms with Crippen molar-refractivity contribution in [3.8, 4) is 0 Å². The van der Waals surface area contributed by atoms with Gasteiger partial charge in [0.05, 0.1) is 0 Å². The highest BCUT2D eigenvalue weighted by Crippen LogP contribution is 2.09. The van der Waals surface area contributed by atoms with Crippen molar-refractivity contribution in [2.24, 2.45) is 0 Å². The van der Waals surface area contributed by atoms with Crippen LogP contribution in [0.25, 0.3) is 0 Å². The maximum atomic E-state index is 10.1. The molecule has 0 radical (unpaired) electrons. The lowest BCUT2D eigenvalue weighted by atomic mass is 10.1. The number of carbonyl (C=O) groups excluding carboxylic acids is 1. The monoisotopic (exact) mass is 252 g/mol. The molecule has 0 heterocycles. The van der Waals surface area contributed by atoms with Crippen LogP contribution < -0.4 is 0 Å². The number of rotatable bonds is 14. The van der Waals surface area contributed by atoms with Crippen LogP contribution in [0.3, 0.4) is 0 Å². The van der Waals surface area contributed by atoms with Gasteiger partial charge in [-0.2, -0.15) is 0 Å². The lowest BCUT2D eigenvalue weighted by Crippen LogP contribution is -1.81. The van der Waals surface area contributed by atoms with E-state index in [0.29, 0.717) is 0 Å². The van der Waals surface area contributed by atoms with Crippen molar-refractivity contribution in [1.82, 2.24) is 0 Å². The molecular weight excluding hydrogens is 220 g/mol. The highest BCUT2D eigenvalue weighted by molar-refractivity contribution is 5.48. The summed E-state index contributed by atoms with van der Waals surface area (Å²) in [5, 5.41) is 0. The molecule has 106 valence electrons. The zero-order chi connectivity index (χ0) is 13.3. The Morgan fingerprint density at radius 2 is 1.06 bits per heavy atom. The standard InChI is InChI=1S/C17H32O/c1-2-3-4-5-6-7-8-9-10-11-12-13-14-15-16-17-18/h7-8,17H,2-6,9-16H2,1H3/b8-7-. The SMILES string of the molecule is CCCCCC/C=C\CCCCCCCCC=O. The average Bonchev–Trinajstić information content (AvgIpc) is 2.39. The van der Waals surface area contributed by atoms with E-state index in [2.05, 4.69) is 19.1 Å². The minimum absolute atomic E-state index is 0.751. The number of allylic oxidation sites excluding steroid dienone is 2. The van der Waals surface area contributed by atoms with Gasteiger partial charge in [-0.1, -0.05) is 64.0 Å². The first-order chi connectivity index (χ1) is 8.91. The van der Waals surface area contributed by atoms with Crippen molar-refractivity contribution in [1.29, 1.82) is 0 Å². The number of hydrogen-bond acceptors (Lipinski definition) is 1. The molecule has 18 heavy (non-hydrogen) atoms. The molecule has 0 saturated carbocycles. The maximum absolute atomic E-state index is 10.1. The Morgan fingerprint density at radius 3 is 1.56 bits per heavy atom. The molecule has 0 fully saturated rings. The molecule has 0 aliphatic rings. The van der Waals surface area contributed by atoms with E-state index < -0.39 is 0 Å². The van der Waals surface area contributed by atoms with E-state index in [4.69, 9.17) is 0 Å². The normalized spacial score (nSPS) is 11.2. The minimum Gasteiger partial charge on any atom is -0.303 e. The average molecular weight is 252 g/mol. The molecule has 0 unspecified atom stereocenters. The third kappa shape index (κ3) is 15.4. The summed E-state index contributed by atoms with van der Waals surface area (Å²) < 4.78 is 0. The van der Waals surface area contributed by atoms with Crippen LogP contribution in [-0.2, 0) is 4.79 Å². The van der Waals surface area contributed by atoms with Gasteiger partial charge in [-0.25, -0.2) is 0 Å². The van der Waals surface area contributed by atoms with E-state index in [1.54, 1.807) is 0 Å². The van der Waals surface area contributed by atoms with Crippen LogP contribution in [0.1, 0.15) is 90.4 Å². The third-order valence-electron chi connectivity index (χ3n) is 3.33. The van der Waals surface area contributed by atoms with E-state index >= 15 is 0 Å². The van der Waals surface area contributed by atoms with Gasteiger partial charge >= 0.3 is 0 Å². The smallest absolute Gasteiger partial charge is 0.119 e. The molecule has 0 N–H and O–H groups in total. The van der Waals surface area contributed by atoms with E-state index in [1.165, 1.54) is 70.6 Å². The van der Waals surface area contributed by atoms with Crippen molar-refractivity contribution < 1.29 is 4.79 Å². The van der Waals surface area contributed by atoms with Crippen LogP contribution in [-0.4, -0.2) is 6.29 Å². The molecule has 0 aromatic rings. The maximum Gasteiger partial charge on any atom is 0.119 e. The van der Waals surface area contributed by atoms with Crippen molar-refractivity contribution >= 4 is 6.29 Å². The fraction of sp³-hybridized carbons (Fsp3) is 0.824. The number of carbonyl (C=O) groups is 1. The Kier molecular flexibility index (Phi) is 15.9. The summed E-state index contributed by atoms with van der Waals surface area (Å²) in [6.07, 6.45) is 22.1. The summed E-state index contributed by atoms with van der Waals surface area (Å²) in [5.74, 6) is 0. The van der Waals surface area contributed by atoms with Crippen molar-refractivity contribution in [2.45, 2.75) is 90.4 Å². The summed E-state index contributed by atoms with van der Waals surface area (Å²) in [6.45, 7) is 2.26. The molecule has 0 spiro atoms. The molecule has 0 bridgehead atoms. The summed E-state index contributed by atoms with van der Waals surface area (Å²) in [6, 6.07) is 0. The largest absolute Gasteiger partial charge is 0.303 e. The van der Waals surface area contributed by atoms with E-state index in [0.717, 1.165) is 19.1 Å². The quantitative estimate of drug-likeness (QED) is 0.216. The zero-order valence-electron chi connectivity index (χ0n) is 12.3. The second-order valence-corrected chi connectivity index (χ2v) is 5.19. The van der Waals surface area contributed by atoms with E-state index in [9.17, 15) is 4.79 Å². The van der Waals surface area contributed by atoms with Crippen LogP contribution in [0.15, 0.2) is 12.2 Å². The van der Waals surface area contributed by atoms with Crippen molar-refractivity contribution in [3.63, 3.8) is 0 Å². The topological polar surface area (TPSA) is 17.1 Å². The Hall–Kier alpha value is -0.590. The molecule has 1 nitrogen and oxygen atoms in total. The van der Waals surface area contributed by atoms with Crippen LogP contribution in [0, 0.1) is 0 Å². The van der Waals surface area contributed by atoms with Gasteiger partial charge in [-0.15, -0.1) is 0 Å². The fourth-order valence-corrected chi connectivity index (χ4v) is 2.12. The van der Waals surface area contributed by atoms with Crippen LogP contribution in [0.5, 0.6) is 0 Å². The Labute approximate surface area is 114 Å². The second kappa shape index (κ2) is 16.4. The molecule has 0 aromatic heterocycles. The molecule has 0 rings (SSSR count). The molecule has 0 amide bonds. The zero-order valence-corrected chi connectivity index (χ0v) is 12.3. The molecule has 0 aliphatic carbocycles. The molecular formula is C17H32O. The summed E-state index contributed by atoms with van der Waals surface area (Å²) in [4.78, 5) is 10.1. The molecule has 0 aromatic carbocycles. The second-order valence-electron chi connectivity index (χ2n) is 5.19. The van der Waals surface area contributed by atoms with Gasteiger partial charge in [0.25, 0.3) is 0 Å².